The second-order valence-electron chi connectivity index (χ2n) is 4.34. The number of hydrogen-bond acceptors (Lipinski definition) is 2. The van der Waals surface area contributed by atoms with Crippen molar-refractivity contribution >= 4 is 11.8 Å². The lowest BCUT2D eigenvalue weighted by atomic mass is 10.1. The lowest BCUT2D eigenvalue weighted by Gasteiger charge is -2.04. The Bertz CT molecular complexity index is 657. The van der Waals surface area contributed by atoms with Gasteiger partial charge in [0.2, 0.25) is 0 Å². The summed E-state index contributed by atoms with van der Waals surface area (Å²) in [6.07, 6.45) is 0.455. The van der Waals surface area contributed by atoms with Crippen LogP contribution in [0.3, 0.4) is 0 Å². The SMILES string of the molecule is OCCC#Cc1ccc(CSc2cc(F)ccc2F)cc1. The van der Waals surface area contributed by atoms with E-state index in [1.54, 1.807) is 0 Å². The molecule has 0 radical (unpaired) electrons. The molecule has 0 saturated carbocycles. The highest BCUT2D eigenvalue weighted by atomic mass is 32.2. The average molecular weight is 304 g/mol. The van der Waals surface area contributed by atoms with Gasteiger partial charge in [0.05, 0.1) is 6.61 Å². The van der Waals surface area contributed by atoms with Crippen LogP contribution in [0.15, 0.2) is 47.4 Å². The first-order valence-corrected chi connectivity index (χ1v) is 7.44. The van der Waals surface area contributed by atoms with Crippen molar-refractivity contribution in [3.05, 3.63) is 65.2 Å². The zero-order valence-corrected chi connectivity index (χ0v) is 12.1. The van der Waals surface area contributed by atoms with Crippen molar-refractivity contribution in [3.8, 4) is 11.8 Å². The molecular formula is C17H14F2OS. The normalized spacial score (nSPS) is 10.0. The van der Waals surface area contributed by atoms with Gasteiger partial charge in [0.1, 0.15) is 11.6 Å². The molecule has 21 heavy (non-hydrogen) atoms. The van der Waals surface area contributed by atoms with E-state index in [0.717, 1.165) is 23.3 Å². The van der Waals surface area contributed by atoms with Gasteiger partial charge in [-0.1, -0.05) is 24.0 Å². The quantitative estimate of drug-likeness (QED) is 0.681. The second-order valence-corrected chi connectivity index (χ2v) is 5.35. The minimum atomic E-state index is -0.437. The molecule has 108 valence electrons. The van der Waals surface area contributed by atoms with Gasteiger partial charge in [-0.3, -0.25) is 0 Å². The number of thioether (sulfide) groups is 1. The number of aliphatic hydroxyl groups excluding tert-OH is 1. The highest BCUT2D eigenvalue weighted by Crippen LogP contribution is 2.26. The molecule has 0 spiro atoms. The van der Waals surface area contributed by atoms with Gasteiger partial charge in [-0.15, -0.1) is 11.8 Å². The molecule has 1 N–H and O–H groups in total. The first-order valence-electron chi connectivity index (χ1n) is 6.45. The predicted molar refractivity (Wildman–Crippen MR) is 80.9 cm³/mol. The number of hydrogen-bond donors (Lipinski definition) is 1. The fraction of sp³-hybridized carbons (Fsp3) is 0.176. The molecule has 0 atom stereocenters. The van der Waals surface area contributed by atoms with Gasteiger partial charge in [0.25, 0.3) is 0 Å². The third kappa shape index (κ3) is 4.89. The lowest BCUT2D eigenvalue weighted by Crippen LogP contribution is -1.86. The zero-order chi connectivity index (χ0) is 15.1. The number of halogens is 2. The van der Waals surface area contributed by atoms with E-state index in [2.05, 4.69) is 11.8 Å². The van der Waals surface area contributed by atoms with E-state index >= 15 is 0 Å². The summed E-state index contributed by atoms with van der Waals surface area (Å²) in [6.45, 7) is 0.0565. The molecule has 0 saturated heterocycles. The third-order valence-electron chi connectivity index (χ3n) is 2.71. The molecule has 4 heteroatoms. The van der Waals surface area contributed by atoms with Crippen molar-refractivity contribution in [3.63, 3.8) is 0 Å². The van der Waals surface area contributed by atoms with Gasteiger partial charge in [0, 0.05) is 22.6 Å². The van der Waals surface area contributed by atoms with Crippen LogP contribution in [-0.4, -0.2) is 11.7 Å². The molecule has 0 bridgehead atoms. The minimum Gasteiger partial charge on any atom is -0.395 e. The van der Waals surface area contributed by atoms with E-state index in [-0.39, 0.29) is 6.61 Å². The van der Waals surface area contributed by atoms with Crippen LogP contribution in [0.4, 0.5) is 8.78 Å². The van der Waals surface area contributed by atoms with Gasteiger partial charge in [-0.25, -0.2) is 8.78 Å². The van der Waals surface area contributed by atoms with E-state index < -0.39 is 11.6 Å². The van der Waals surface area contributed by atoms with Crippen molar-refractivity contribution in [2.45, 2.75) is 17.1 Å². The summed E-state index contributed by atoms with van der Waals surface area (Å²) in [6, 6.07) is 11.0. The third-order valence-corrected chi connectivity index (χ3v) is 3.81. The molecule has 0 heterocycles. The maximum absolute atomic E-state index is 13.5. The summed E-state index contributed by atoms with van der Waals surface area (Å²) in [5, 5.41) is 8.65. The Hall–Kier alpha value is -1.83. The first-order chi connectivity index (χ1) is 10.2. The molecule has 0 aliphatic carbocycles. The Morgan fingerprint density at radius 1 is 1.05 bits per heavy atom. The van der Waals surface area contributed by atoms with Gasteiger partial charge in [-0.2, -0.15) is 0 Å². The predicted octanol–water partition coefficient (Wildman–Crippen LogP) is 3.99. The topological polar surface area (TPSA) is 20.2 Å². The summed E-state index contributed by atoms with van der Waals surface area (Å²) < 4.78 is 26.5. The largest absolute Gasteiger partial charge is 0.395 e. The summed E-state index contributed by atoms with van der Waals surface area (Å²) in [5.74, 6) is 5.50. The Labute approximate surface area is 127 Å². The second kappa shape index (κ2) is 7.82. The lowest BCUT2D eigenvalue weighted by molar-refractivity contribution is 0.305. The number of benzene rings is 2. The van der Waals surface area contributed by atoms with Gasteiger partial charge < -0.3 is 5.11 Å². The molecule has 0 aromatic heterocycles. The van der Waals surface area contributed by atoms with E-state index in [1.165, 1.54) is 17.8 Å². The van der Waals surface area contributed by atoms with E-state index in [1.807, 2.05) is 24.3 Å². The molecule has 2 aromatic carbocycles. The molecule has 1 nitrogen and oxygen atoms in total. The zero-order valence-electron chi connectivity index (χ0n) is 11.3. The molecule has 2 rings (SSSR count). The molecule has 0 aliphatic rings. The summed E-state index contributed by atoms with van der Waals surface area (Å²) >= 11 is 1.26. The summed E-state index contributed by atoms with van der Waals surface area (Å²) in [5.41, 5.74) is 1.88. The van der Waals surface area contributed by atoms with Crippen LogP contribution in [0.1, 0.15) is 17.5 Å². The van der Waals surface area contributed by atoms with Crippen molar-refractivity contribution in [2.24, 2.45) is 0 Å². The van der Waals surface area contributed by atoms with Gasteiger partial charge >= 0.3 is 0 Å². The maximum Gasteiger partial charge on any atom is 0.136 e. The Kier molecular flexibility index (Phi) is 5.79. The van der Waals surface area contributed by atoms with Gasteiger partial charge in [-0.05, 0) is 35.9 Å². The smallest absolute Gasteiger partial charge is 0.136 e. The minimum absolute atomic E-state index is 0.0565. The van der Waals surface area contributed by atoms with E-state index in [4.69, 9.17) is 5.11 Å². The fourth-order valence-corrected chi connectivity index (χ4v) is 2.57. The van der Waals surface area contributed by atoms with Crippen molar-refractivity contribution in [2.75, 3.05) is 6.61 Å². The highest BCUT2D eigenvalue weighted by molar-refractivity contribution is 7.98. The maximum atomic E-state index is 13.5. The Balaban J connectivity index is 1.98. The van der Waals surface area contributed by atoms with E-state index in [9.17, 15) is 8.78 Å². The standard InChI is InChI=1S/C17H14F2OS/c18-15-8-9-16(19)17(11-15)21-12-14-6-4-13(5-7-14)3-1-2-10-20/h4-9,11,20H,2,10,12H2. The van der Waals surface area contributed by atoms with Crippen LogP contribution in [0.2, 0.25) is 0 Å². The van der Waals surface area contributed by atoms with Gasteiger partial charge in [0.15, 0.2) is 0 Å². The Morgan fingerprint density at radius 3 is 2.52 bits per heavy atom. The van der Waals surface area contributed by atoms with Crippen molar-refractivity contribution in [1.82, 2.24) is 0 Å². The van der Waals surface area contributed by atoms with Crippen LogP contribution in [-0.2, 0) is 5.75 Å². The van der Waals surface area contributed by atoms with Crippen molar-refractivity contribution in [1.29, 1.82) is 0 Å². The van der Waals surface area contributed by atoms with Crippen LogP contribution in [0, 0.1) is 23.5 Å². The molecule has 0 aliphatic heterocycles. The first kappa shape index (κ1) is 15.6. The average Bonchev–Trinajstić information content (AvgIpc) is 2.50. The van der Waals surface area contributed by atoms with Crippen LogP contribution in [0.25, 0.3) is 0 Å². The summed E-state index contributed by atoms with van der Waals surface area (Å²) in [7, 11) is 0. The molecule has 0 fully saturated rings. The van der Waals surface area contributed by atoms with Crippen LogP contribution >= 0.6 is 11.8 Å². The van der Waals surface area contributed by atoms with E-state index in [0.29, 0.717) is 17.1 Å². The summed E-state index contributed by atoms with van der Waals surface area (Å²) in [4.78, 5) is 0.307. The molecular weight excluding hydrogens is 290 g/mol. The monoisotopic (exact) mass is 304 g/mol. The molecule has 0 unspecified atom stereocenters. The molecule has 2 aromatic rings. The van der Waals surface area contributed by atoms with Crippen molar-refractivity contribution < 1.29 is 13.9 Å². The van der Waals surface area contributed by atoms with Crippen LogP contribution in [0.5, 0.6) is 0 Å². The highest BCUT2D eigenvalue weighted by Gasteiger charge is 2.04. The number of aliphatic hydroxyl groups is 1. The Morgan fingerprint density at radius 2 is 1.81 bits per heavy atom. The molecule has 0 amide bonds. The number of rotatable bonds is 4. The fourth-order valence-electron chi connectivity index (χ4n) is 1.65. The van der Waals surface area contributed by atoms with Crippen LogP contribution < -0.4 is 0 Å².